The Morgan fingerprint density at radius 2 is 1.00 bits per heavy atom. The molecule has 0 heterocycles. The second kappa shape index (κ2) is 18.3. The van der Waals surface area contributed by atoms with Crippen molar-refractivity contribution in [2.45, 2.75) is 48.5 Å². The van der Waals surface area contributed by atoms with Crippen LogP contribution in [0.3, 0.4) is 0 Å². The van der Waals surface area contributed by atoms with Crippen LogP contribution < -0.4 is 18.9 Å². The number of hydrogen-bond donors (Lipinski definition) is 0. The van der Waals surface area contributed by atoms with Gasteiger partial charge in [-0.3, -0.25) is 0 Å². The monoisotopic (exact) mass is 520 g/mol. The second-order valence-corrected chi connectivity index (χ2v) is 7.56. The van der Waals surface area contributed by atoms with Gasteiger partial charge in [0.25, 0.3) is 0 Å². The normalized spacial score (nSPS) is 9.29. The van der Waals surface area contributed by atoms with Crippen LogP contribution in [0.2, 0.25) is 0 Å². The number of hydrogen-bond acceptors (Lipinski definition) is 4. The van der Waals surface area contributed by atoms with E-state index in [1.165, 1.54) is 24.8 Å². The molecule has 4 aromatic rings. The van der Waals surface area contributed by atoms with Crippen molar-refractivity contribution in [2.24, 2.45) is 0 Å². The van der Waals surface area contributed by atoms with E-state index in [1.807, 2.05) is 114 Å². The molecule has 0 spiro atoms. The molecule has 4 nitrogen and oxygen atoms in total. The van der Waals surface area contributed by atoms with Crippen LogP contribution in [0.25, 0.3) is 0 Å². The summed E-state index contributed by atoms with van der Waals surface area (Å²) in [7, 11) is 1.49. The van der Waals surface area contributed by atoms with E-state index in [1.54, 1.807) is 6.07 Å². The molecule has 0 saturated heterocycles. The molecule has 4 rings (SSSR count). The maximum absolute atomic E-state index is 13.2. The molecule has 0 amide bonds. The third kappa shape index (κ3) is 11.8. The molecule has 0 saturated carbocycles. The first-order valence-corrected chi connectivity index (χ1v) is 13.0. The zero-order valence-electron chi connectivity index (χ0n) is 23.9. The van der Waals surface area contributed by atoms with Crippen molar-refractivity contribution in [3.63, 3.8) is 0 Å². The van der Waals surface area contributed by atoms with Crippen LogP contribution in [0, 0.1) is 19.7 Å². The summed E-state index contributed by atoms with van der Waals surface area (Å²) in [6, 6.07) is 27.5. The van der Waals surface area contributed by atoms with Crippen LogP contribution in [-0.4, -0.2) is 13.7 Å². The zero-order chi connectivity index (χ0) is 28.3. The fraction of sp³-hybridized carbons (Fsp3) is 0.273. The molecule has 5 heteroatoms. The Balaban J connectivity index is 0.000000336. The van der Waals surface area contributed by atoms with Gasteiger partial charge in [0.05, 0.1) is 13.7 Å². The number of aryl methyl sites for hydroxylation is 2. The Morgan fingerprint density at radius 1 is 0.553 bits per heavy atom. The maximum atomic E-state index is 13.2. The molecule has 0 fully saturated rings. The van der Waals surface area contributed by atoms with E-state index in [9.17, 15) is 4.39 Å². The van der Waals surface area contributed by atoms with Crippen LogP contribution in [0.5, 0.6) is 34.5 Å². The van der Waals surface area contributed by atoms with Crippen LogP contribution in [-0.2, 0) is 0 Å². The minimum atomic E-state index is -0.383. The molecule has 0 unspecified atom stereocenters. The molecule has 4 aromatic carbocycles. The van der Waals surface area contributed by atoms with Crippen molar-refractivity contribution in [1.82, 2.24) is 0 Å². The van der Waals surface area contributed by atoms with Gasteiger partial charge >= 0.3 is 0 Å². The van der Waals surface area contributed by atoms with Crippen LogP contribution >= 0.6 is 0 Å². The first kappa shape index (κ1) is 32.0. The molecule has 0 aliphatic carbocycles. The van der Waals surface area contributed by atoms with E-state index in [0.29, 0.717) is 23.9 Å². The van der Waals surface area contributed by atoms with Crippen LogP contribution in [0.4, 0.5) is 4.39 Å². The Kier molecular flexibility index (Phi) is 15.4. The highest BCUT2D eigenvalue weighted by Gasteiger charge is 2.03. The van der Waals surface area contributed by atoms with Gasteiger partial charge in [0.1, 0.15) is 40.3 Å². The van der Waals surface area contributed by atoms with Crippen molar-refractivity contribution >= 4 is 0 Å². The molecule has 0 atom stereocenters. The van der Waals surface area contributed by atoms with E-state index in [-0.39, 0.29) is 5.82 Å². The standard InChI is InChI=1S/C15H16O2.C14H13FO2.2C2H6/c1-3-16-14-5-4-6-15(11-14)17-13-9-7-12(2)8-10-13;1-10-3-5-12(6-4-10)17-14-8-11(15)7-13(9-14)16-2;2*1-2/h4-11H,3H2,1-2H3;3-9H,1-2H3;2*1-2H3. The average molecular weight is 521 g/mol. The quantitative estimate of drug-likeness (QED) is 0.243. The van der Waals surface area contributed by atoms with E-state index in [0.717, 1.165) is 22.8 Å². The molecule has 204 valence electrons. The van der Waals surface area contributed by atoms with Crippen molar-refractivity contribution in [1.29, 1.82) is 0 Å². The SMILES string of the molecule is CC.CC.CCOc1cccc(Oc2ccc(C)cc2)c1.COc1cc(F)cc(Oc2ccc(C)cc2)c1. The van der Waals surface area contributed by atoms with Gasteiger partial charge in [-0.2, -0.15) is 0 Å². The largest absolute Gasteiger partial charge is 0.497 e. The van der Waals surface area contributed by atoms with E-state index < -0.39 is 0 Å². The Hall–Kier alpha value is -3.99. The summed E-state index contributed by atoms with van der Waals surface area (Å²) in [6.45, 7) is 14.7. The van der Waals surface area contributed by atoms with Gasteiger partial charge in [-0.15, -0.1) is 0 Å². The molecule has 0 bridgehead atoms. The van der Waals surface area contributed by atoms with Crippen molar-refractivity contribution in [3.8, 4) is 34.5 Å². The van der Waals surface area contributed by atoms with E-state index in [4.69, 9.17) is 18.9 Å². The lowest BCUT2D eigenvalue weighted by Gasteiger charge is -2.08. The molecule has 0 aliphatic heterocycles. The minimum absolute atomic E-state index is 0.383. The van der Waals surface area contributed by atoms with Crippen molar-refractivity contribution in [3.05, 3.63) is 108 Å². The van der Waals surface area contributed by atoms with Gasteiger partial charge in [0.15, 0.2) is 0 Å². The molecular formula is C33H41FO4. The summed E-state index contributed by atoms with van der Waals surface area (Å²) in [5.41, 5.74) is 2.37. The molecule has 0 aromatic heterocycles. The third-order valence-electron chi connectivity index (χ3n) is 4.71. The van der Waals surface area contributed by atoms with Gasteiger partial charge in [-0.05, 0) is 57.2 Å². The highest BCUT2D eigenvalue weighted by Crippen LogP contribution is 2.27. The predicted molar refractivity (Wildman–Crippen MR) is 156 cm³/mol. The molecule has 0 aliphatic rings. The Bertz CT molecular complexity index is 1170. The summed E-state index contributed by atoms with van der Waals surface area (Å²) in [6.07, 6.45) is 0. The minimum Gasteiger partial charge on any atom is -0.497 e. The van der Waals surface area contributed by atoms with E-state index >= 15 is 0 Å². The highest BCUT2D eigenvalue weighted by atomic mass is 19.1. The summed E-state index contributed by atoms with van der Waals surface area (Å²) >= 11 is 0. The maximum Gasteiger partial charge on any atom is 0.134 e. The molecule has 0 N–H and O–H groups in total. The smallest absolute Gasteiger partial charge is 0.134 e. The van der Waals surface area contributed by atoms with Crippen molar-refractivity contribution < 1.29 is 23.3 Å². The lowest BCUT2D eigenvalue weighted by molar-refractivity contribution is 0.338. The second-order valence-electron chi connectivity index (χ2n) is 7.56. The van der Waals surface area contributed by atoms with Crippen LogP contribution in [0.1, 0.15) is 45.7 Å². The lowest BCUT2D eigenvalue weighted by atomic mass is 10.2. The van der Waals surface area contributed by atoms with Crippen LogP contribution in [0.15, 0.2) is 91.0 Å². The number of ether oxygens (including phenoxy) is 4. The van der Waals surface area contributed by atoms with Gasteiger partial charge in [0.2, 0.25) is 0 Å². The van der Waals surface area contributed by atoms with Gasteiger partial charge < -0.3 is 18.9 Å². The highest BCUT2D eigenvalue weighted by molar-refractivity contribution is 5.39. The number of benzene rings is 4. The summed E-state index contributed by atoms with van der Waals surface area (Å²) in [5.74, 6) is 3.61. The van der Waals surface area contributed by atoms with Gasteiger partial charge in [0, 0.05) is 24.3 Å². The first-order valence-electron chi connectivity index (χ1n) is 13.0. The Morgan fingerprint density at radius 3 is 1.50 bits per heavy atom. The topological polar surface area (TPSA) is 36.9 Å². The van der Waals surface area contributed by atoms with E-state index in [2.05, 4.69) is 6.92 Å². The average Bonchev–Trinajstić information content (AvgIpc) is 2.94. The Labute approximate surface area is 228 Å². The number of rotatable bonds is 7. The third-order valence-corrected chi connectivity index (χ3v) is 4.71. The fourth-order valence-corrected chi connectivity index (χ4v) is 2.99. The van der Waals surface area contributed by atoms with Crippen molar-refractivity contribution in [2.75, 3.05) is 13.7 Å². The predicted octanol–water partition coefficient (Wildman–Crippen LogP) is 10.2. The summed E-state index contributed by atoms with van der Waals surface area (Å²) in [5, 5.41) is 0. The number of halogens is 1. The zero-order valence-corrected chi connectivity index (χ0v) is 23.9. The molecule has 0 radical (unpaired) electrons. The van der Waals surface area contributed by atoms with Gasteiger partial charge in [-0.1, -0.05) is 69.2 Å². The number of methoxy groups -OCH3 is 1. The summed E-state index contributed by atoms with van der Waals surface area (Å²) < 4.78 is 34.9. The fourth-order valence-electron chi connectivity index (χ4n) is 2.99. The first-order chi connectivity index (χ1) is 18.4. The molecule has 38 heavy (non-hydrogen) atoms. The lowest BCUT2D eigenvalue weighted by Crippen LogP contribution is -1.91. The summed E-state index contributed by atoms with van der Waals surface area (Å²) in [4.78, 5) is 0. The molecular weight excluding hydrogens is 479 g/mol. The van der Waals surface area contributed by atoms with Gasteiger partial charge in [-0.25, -0.2) is 4.39 Å².